The van der Waals surface area contributed by atoms with Crippen LogP contribution in [-0.2, 0) is 6.42 Å². The van der Waals surface area contributed by atoms with E-state index in [2.05, 4.69) is 41.5 Å². The second-order valence-electron chi connectivity index (χ2n) is 4.62. The second-order valence-corrected chi connectivity index (χ2v) is 4.62. The van der Waals surface area contributed by atoms with Gasteiger partial charge in [-0.1, -0.05) is 37.3 Å². The maximum Gasteiger partial charge on any atom is 0.0995 e. The zero-order valence-electron chi connectivity index (χ0n) is 12.1. The van der Waals surface area contributed by atoms with E-state index in [-0.39, 0.29) is 6.17 Å². The van der Waals surface area contributed by atoms with E-state index in [0.717, 1.165) is 25.1 Å². The standard InChI is InChI=1S/C16H24N4/c1-2-16(20-15(13-18)9-6-11-17)19-12-10-14-7-4-3-5-8-14/h3-5,7-8,11,13,16-19H,2,6,9-10,12H2,1H3/b17-11?,18-13?,20-15-. The van der Waals surface area contributed by atoms with E-state index >= 15 is 0 Å². The Bertz CT molecular complexity index is 425. The van der Waals surface area contributed by atoms with E-state index in [9.17, 15) is 0 Å². The molecule has 0 bridgehead atoms. The number of aliphatic imine (C=N–C) groups is 1. The molecule has 4 heteroatoms. The molecule has 0 heterocycles. The third-order valence-electron chi connectivity index (χ3n) is 3.06. The molecule has 4 nitrogen and oxygen atoms in total. The van der Waals surface area contributed by atoms with Crippen molar-refractivity contribution < 1.29 is 0 Å². The Kier molecular flexibility index (Phi) is 8.15. The summed E-state index contributed by atoms with van der Waals surface area (Å²) in [4.78, 5) is 4.54. The minimum Gasteiger partial charge on any atom is -0.313 e. The Morgan fingerprint density at radius 1 is 1.30 bits per heavy atom. The van der Waals surface area contributed by atoms with Gasteiger partial charge in [0.25, 0.3) is 0 Å². The molecule has 0 aromatic heterocycles. The zero-order valence-corrected chi connectivity index (χ0v) is 12.1. The molecule has 0 aliphatic rings. The van der Waals surface area contributed by atoms with Crippen LogP contribution in [0.4, 0.5) is 0 Å². The van der Waals surface area contributed by atoms with Crippen molar-refractivity contribution in [2.24, 2.45) is 4.99 Å². The van der Waals surface area contributed by atoms with Gasteiger partial charge in [0.2, 0.25) is 0 Å². The first-order valence-electron chi connectivity index (χ1n) is 7.13. The minimum atomic E-state index is 0.0565. The molecule has 0 saturated carbocycles. The molecule has 1 aromatic carbocycles. The lowest BCUT2D eigenvalue weighted by molar-refractivity contribution is 0.519. The van der Waals surface area contributed by atoms with Crippen molar-refractivity contribution in [3.05, 3.63) is 35.9 Å². The highest BCUT2D eigenvalue weighted by Gasteiger charge is 2.04. The molecule has 20 heavy (non-hydrogen) atoms. The SMILES string of the molecule is CCC(/N=C(\C=N)CCC=N)NCCc1ccccc1. The van der Waals surface area contributed by atoms with Gasteiger partial charge in [-0.25, -0.2) is 0 Å². The first kappa shape index (κ1) is 16.2. The molecule has 1 rings (SSSR count). The van der Waals surface area contributed by atoms with E-state index in [1.165, 1.54) is 18.0 Å². The largest absolute Gasteiger partial charge is 0.313 e. The van der Waals surface area contributed by atoms with Crippen LogP contribution in [0.5, 0.6) is 0 Å². The molecule has 1 aromatic rings. The van der Waals surface area contributed by atoms with Gasteiger partial charge in [0, 0.05) is 12.8 Å². The molecular formula is C16H24N4. The molecule has 0 aliphatic carbocycles. The fourth-order valence-corrected chi connectivity index (χ4v) is 1.90. The van der Waals surface area contributed by atoms with Gasteiger partial charge in [0.1, 0.15) is 0 Å². The average molecular weight is 272 g/mol. The summed E-state index contributed by atoms with van der Waals surface area (Å²) in [6.07, 6.45) is 5.91. The number of nitrogens with one attached hydrogen (secondary N) is 3. The van der Waals surface area contributed by atoms with Crippen LogP contribution in [0.1, 0.15) is 31.7 Å². The predicted molar refractivity (Wildman–Crippen MR) is 86.5 cm³/mol. The third kappa shape index (κ3) is 6.38. The van der Waals surface area contributed by atoms with Crippen LogP contribution in [0.3, 0.4) is 0 Å². The van der Waals surface area contributed by atoms with Crippen LogP contribution < -0.4 is 5.32 Å². The summed E-state index contributed by atoms with van der Waals surface area (Å²) in [5.41, 5.74) is 2.07. The minimum absolute atomic E-state index is 0.0565. The maximum atomic E-state index is 7.36. The Morgan fingerprint density at radius 2 is 2.05 bits per heavy atom. The number of benzene rings is 1. The lowest BCUT2D eigenvalue weighted by Crippen LogP contribution is -2.30. The maximum absolute atomic E-state index is 7.36. The highest BCUT2D eigenvalue weighted by Crippen LogP contribution is 2.01. The van der Waals surface area contributed by atoms with Gasteiger partial charge in [-0.3, -0.25) is 10.3 Å². The van der Waals surface area contributed by atoms with Crippen LogP contribution in [0, 0.1) is 10.8 Å². The van der Waals surface area contributed by atoms with Crippen molar-refractivity contribution in [3.8, 4) is 0 Å². The van der Waals surface area contributed by atoms with Crippen LogP contribution in [0.15, 0.2) is 35.3 Å². The lowest BCUT2D eigenvalue weighted by Gasteiger charge is -2.14. The van der Waals surface area contributed by atoms with E-state index in [1.54, 1.807) is 0 Å². The molecule has 1 unspecified atom stereocenters. The Morgan fingerprint density at radius 3 is 2.65 bits per heavy atom. The number of rotatable bonds is 10. The van der Waals surface area contributed by atoms with Crippen LogP contribution in [0.25, 0.3) is 0 Å². The van der Waals surface area contributed by atoms with Crippen LogP contribution in [0.2, 0.25) is 0 Å². The molecule has 0 fully saturated rings. The second kappa shape index (κ2) is 10.0. The summed E-state index contributed by atoms with van der Waals surface area (Å²) in [6.45, 7) is 2.96. The molecule has 1 atom stereocenters. The zero-order chi connectivity index (χ0) is 14.6. The molecule has 108 valence electrons. The molecule has 0 amide bonds. The summed E-state index contributed by atoms with van der Waals surface area (Å²) >= 11 is 0. The first-order valence-corrected chi connectivity index (χ1v) is 7.13. The summed E-state index contributed by atoms with van der Waals surface area (Å²) in [6, 6.07) is 10.4. The summed E-state index contributed by atoms with van der Waals surface area (Å²) in [7, 11) is 0. The van der Waals surface area contributed by atoms with Crippen LogP contribution in [-0.4, -0.2) is 30.9 Å². The predicted octanol–water partition coefficient (Wildman–Crippen LogP) is 3.08. The normalized spacial score (nSPS) is 12.9. The quantitative estimate of drug-likeness (QED) is 0.563. The highest BCUT2D eigenvalue weighted by atomic mass is 15.1. The number of hydrogen-bond acceptors (Lipinski definition) is 4. The van der Waals surface area contributed by atoms with E-state index < -0.39 is 0 Å². The van der Waals surface area contributed by atoms with Crippen molar-refractivity contribution >= 4 is 18.1 Å². The van der Waals surface area contributed by atoms with Gasteiger partial charge in [-0.05, 0) is 37.5 Å². The van der Waals surface area contributed by atoms with Gasteiger partial charge >= 0.3 is 0 Å². The molecule has 3 N–H and O–H groups in total. The number of nitrogens with zero attached hydrogens (tertiary/aromatic N) is 1. The molecule has 0 spiro atoms. The van der Waals surface area contributed by atoms with E-state index in [1.807, 2.05) is 6.07 Å². The van der Waals surface area contributed by atoms with Crippen molar-refractivity contribution in [3.63, 3.8) is 0 Å². The Balaban J connectivity index is 2.43. The summed E-state index contributed by atoms with van der Waals surface area (Å²) < 4.78 is 0. The summed E-state index contributed by atoms with van der Waals surface area (Å²) in [5, 5.41) is 17.8. The van der Waals surface area contributed by atoms with Gasteiger partial charge < -0.3 is 10.8 Å². The molecule has 0 radical (unpaired) electrons. The monoisotopic (exact) mass is 272 g/mol. The summed E-state index contributed by atoms with van der Waals surface area (Å²) in [5.74, 6) is 0. The van der Waals surface area contributed by atoms with Crippen molar-refractivity contribution in [1.29, 1.82) is 10.8 Å². The average Bonchev–Trinajstić information content (AvgIpc) is 2.50. The molecule has 0 aliphatic heterocycles. The van der Waals surface area contributed by atoms with E-state index in [4.69, 9.17) is 10.8 Å². The van der Waals surface area contributed by atoms with Crippen molar-refractivity contribution in [1.82, 2.24) is 5.32 Å². The lowest BCUT2D eigenvalue weighted by atomic mass is 10.1. The van der Waals surface area contributed by atoms with Crippen molar-refractivity contribution in [2.45, 2.75) is 38.8 Å². The number of hydrogen-bond donors (Lipinski definition) is 3. The van der Waals surface area contributed by atoms with Gasteiger partial charge in [0.05, 0.1) is 11.9 Å². The fraction of sp³-hybridized carbons (Fsp3) is 0.438. The third-order valence-corrected chi connectivity index (χ3v) is 3.06. The first-order chi connectivity index (χ1) is 9.80. The van der Waals surface area contributed by atoms with Crippen LogP contribution >= 0.6 is 0 Å². The van der Waals surface area contributed by atoms with Gasteiger partial charge in [-0.2, -0.15) is 0 Å². The van der Waals surface area contributed by atoms with Crippen molar-refractivity contribution in [2.75, 3.05) is 6.54 Å². The Labute approximate surface area is 121 Å². The highest BCUT2D eigenvalue weighted by molar-refractivity contribution is 6.29. The van der Waals surface area contributed by atoms with Gasteiger partial charge in [0.15, 0.2) is 0 Å². The molecular weight excluding hydrogens is 248 g/mol. The fourth-order valence-electron chi connectivity index (χ4n) is 1.90. The van der Waals surface area contributed by atoms with E-state index in [0.29, 0.717) is 12.8 Å². The molecule has 0 saturated heterocycles. The Hall–Kier alpha value is -1.81. The smallest absolute Gasteiger partial charge is 0.0995 e. The topological polar surface area (TPSA) is 72.1 Å². The van der Waals surface area contributed by atoms with Gasteiger partial charge in [-0.15, -0.1) is 0 Å².